The Bertz CT molecular complexity index is 6110. The van der Waals surface area contributed by atoms with Crippen LogP contribution in [0.2, 0.25) is 0 Å². The smallest absolute Gasteiger partial charge is 0.135 e. The largest absolute Gasteiger partial charge is 0.456 e. The van der Waals surface area contributed by atoms with Crippen molar-refractivity contribution < 1.29 is 4.42 Å². The van der Waals surface area contributed by atoms with E-state index in [-0.39, 0.29) is 0 Å². The van der Waals surface area contributed by atoms with Gasteiger partial charge in [0.2, 0.25) is 0 Å². The van der Waals surface area contributed by atoms with Crippen LogP contribution in [0.15, 0.2) is 332 Å². The molecule has 0 spiro atoms. The molecule has 2 heterocycles. The van der Waals surface area contributed by atoms with E-state index in [1.807, 2.05) is 23.5 Å². The average Bonchev–Trinajstić information content (AvgIpc) is 0.886. The topological polar surface area (TPSA) is 13.1 Å². The highest BCUT2D eigenvalue weighted by atomic mass is 32.1. The Morgan fingerprint density at radius 3 is 1.04 bits per heavy atom. The average molecular weight is 1180 g/mol. The minimum atomic E-state index is 0.911. The molecular weight excluding hydrogens is 1130 g/mol. The van der Waals surface area contributed by atoms with Crippen molar-refractivity contribution in [2.24, 2.45) is 0 Å². The molecule has 0 saturated carbocycles. The number of hydrogen-bond acceptors (Lipinski definition) is 2. The van der Waals surface area contributed by atoms with E-state index in [4.69, 9.17) is 4.42 Å². The minimum Gasteiger partial charge on any atom is -0.456 e. The molecule has 0 fully saturated rings. The van der Waals surface area contributed by atoms with Gasteiger partial charge in [-0.2, -0.15) is 0 Å². The zero-order valence-corrected chi connectivity index (χ0v) is 50.8. The maximum absolute atomic E-state index is 6.16. The summed E-state index contributed by atoms with van der Waals surface area (Å²) in [5.74, 6) is 0. The van der Waals surface area contributed by atoms with E-state index in [1.54, 1.807) is 0 Å². The molecule has 0 bridgehead atoms. The Balaban J connectivity index is 0.617. The molecule has 92 heavy (non-hydrogen) atoms. The van der Waals surface area contributed by atoms with E-state index in [2.05, 4.69) is 315 Å². The van der Waals surface area contributed by atoms with Gasteiger partial charge in [-0.15, -0.1) is 11.3 Å². The van der Waals surface area contributed by atoms with Crippen molar-refractivity contribution in [1.82, 2.24) is 0 Å². The third-order valence-corrected chi connectivity index (χ3v) is 20.6. The molecule has 2 heteroatoms. The van der Waals surface area contributed by atoms with Crippen LogP contribution in [0.1, 0.15) is 0 Å². The lowest BCUT2D eigenvalue weighted by Gasteiger charge is -2.18. The molecule has 0 atom stereocenters. The van der Waals surface area contributed by atoms with Crippen molar-refractivity contribution in [3.8, 4) is 89.0 Å². The normalized spacial score (nSPS) is 11.9. The third kappa shape index (κ3) is 8.38. The lowest BCUT2D eigenvalue weighted by Crippen LogP contribution is -1.91. The van der Waals surface area contributed by atoms with E-state index in [1.165, 1.54) is 174 Å². The summed E-state index contributed by atoms with van der Waals surface area (Å²) in [4.78, 5) is 0. The molecule has 0 saturated heterocycles. The highest BCUT2D eigenvalue weighted by Crippen LogP contribution is 2.48. The molecule has 0 aliphatic heterocycles. The molecule has 0 aliphatic carbocycles. The van der Waals surface area contributed by atoms with Gasteiger partial charge in [0.15, 0.2) is 0 Å². The van der Waals surface area contributed by atoms with Gasteiger partial charge in [-0.25, -0.2) is 0 Å². The highest BCUT2D eigenvalue weighted by molar-refractivity contribution is 7.25. The second kappa shape index (κ2) is 21.0. The fourth-order valence-corrected chi connectivity index (χ4v) is 16.3. The number of fused-ring (bicyclic) bond motifs is 12. The fourth-order valence-electron chi connectivity index (χ4n) is 15.2. The van der Waals surface area contributed by atoms with Crippen LogP contribution in [0.3, 0.4) is 0 Å². The van der Waals surface area contributed by atoms with Gasteiger partial charge in [0.25, 0.3) is 0 Å². The first-order valence-corrected chi connectivity index (χ1v) is 32.5. The van der Waals surface area contributed by atoms with E-state index < -0.39 is 0 Å². The van der Waals surface area contributed by atoms with Crippen molar-refractivity contribution in [1.29, 1.82) is 0 Å². The van der Waals surface area contributed by atoms with Crippen LogP contribution < -0.4 is 0 Å². The Labute approximate surface area is 535 Å². The number of furan rings is 1. The second-order valence-corrected chi connectivity index (χ2v) is 25.6. The van der Waals surface area contributed by atoms with Crippen LogP contribution in [-0.2, 0) is 0 Å². The van der Waals surface area contributed by atoms with Gasteiger partial charge in [0.1, 0.15) is 11.2 Å². The highest BCUT2D eigenvalue weighted by Gasteiger charge is 2.21. The zero-order chi connectivity index (χ0) is 60.4. The Hall–Kier alpha value is -11.7. The van der Waals surface area contributed by atoms with Crippen molar-refractivity contribution in [2.75, 3.05) is 0 Å². The Kier molecular flexibility index (Phi) is 11.9. The molecular formula is C90H54OS. The van der Waals surface area contributed by atoms with E-state index in [0.29, 0.717) is 0 Å². The van der Waals surface area contributed by atoms with E-state index >= 15 is 0 Å². The van der Waals surface area contributed by atoms with Crippen LogP contribution in [0.4, 0.5) is 0 Å². The van der Waals surface area contributed by atoms with Crippen LogP contribution in [0.5, 0.6) is 0 Å². The lowest BCUT2D eigenvalue weighted by atomic mass is 9.85. The zero-order valence-electron chi connectivity index (χ0n) is 50.0. The van der Waals surface area contributed by atoms with Crippen molar-refractivity contribution >= 4 is 118 Å². The summed E-state index contributed by atoms with van der Waals surface area (Å²) in [5, 5.41) is 19.9. The molecule has 2 aromatic heterocycles. The number of para-hydroxylation sites is 1. The molecule has 1 nitrogen and oxygen atoms in total. The molecule has 426 valence electrons. The Morgan fingerprint density at radius 2 is 0.511 bits per heavy atom. The third-order valence-electron chi connectivity index (χ3n) is 19.5. The second-order valence-electron chi connectivity index (χ2n) is 24.5. The standard InChI is InChI=1S/C90H54OS/c1-3-19-75-73(17-1)87(59-39-33-56(34-40-59)64-47-49-84-81(53-64)71-15-9-11-29-83(71)91-84)74-18-2-4-20-76(74)89(75)60-41-35-57(36-42-60)67-25-13-28-70-68(26-14-27-69(67)70)65-46-45-62-51-61(43-44-63(62)52-65)55-31-37-58(38-32-55)88-77-21-5-7-23-79(77)90(80-24-8-6-22-78(80)88)66-48-50-86-82(54-66)72-16-10-12-30-85(72)92-86/h1-54H. The quantitative estimate of drug-likeness (QED) is 0.138. The molecule has 0 radical (unpaired) electrons. The molecule has 0 aliphatic rings. The number of rotatable bonds is 8. The molecule has 17 aromatic carbocycles. The summed E-state index contributed by atoms with van der Waals surface area (Å²) >= 11 is 1.87. The van der Waals surface area contributed by atoms with Gasteiger partial charge in [-0.3, -0.25) is 0 Å². The summed E-state index contributed by atoms with van der Waals surface area (Å²) in [5.41, 5.74) is 21.3. The molecule has 0 amide bonds. The van der Waals surface area contributed by atoms with Gasteiger partial charge in [0, 0.05) is 30.9 Å². The van der Waals surface area contributed by atoms with Crippen LogP contribution in [-0.4, -0.2) is 0 Å². The maximum atomic E-state index is 6.16. The summed E-state index contributed by atoms with van der Waals surface area (Å²) in [6, 6.07) is 121. The van der Waals surface area contributed by atoms with E-state index in [9.17, 15) is 0 Å². The summed E-state index contributed by atoms with van der Waals surface area (Å²) in [6.07, 6.45) is 0. The van der Waals surface area contributed by atoms with Crippen LogP contribution in [0.25, 0.3) is 196 Å². The van der Waals surface area contributed by atoms with E-state index in [0.717, 1.165) is 21.9 Å². The monoisotopic (exact) mass is 1180 g/mol. The molecule has 19 aromatic rings. The maximum Gasteiger partial charge on any atom is 0.135 e. The SMILES string of the molecule is c1ccc2c(c1)oc1ccc(-c3ccc(-c4c5ccccc5c(-c5ccc(-c6cccc7c(-c8ccc9cc(-c%10ccc(-c%11c%12ccccc%12c(-c%12ccc%13sc%14ccccc%14c%13c%12)c%12ccccc%11%12)cc%10)ccc9c8)cccc67)cc5)c5ccccc45)cc3)cc12. The van der Waals surface area contributed by atoms with Gasteiger partial charge in [-0.05, 0) is 202 Å². The summed E-state index contributed by atoms with van der Waals surface area (Å²) in [6.45, 7) is 0. The van der Waals surface area contributed by atoms with Crippen LogP contribution >= 0.6 is 11.3 Å². The Morgan fingerprint density at radius 1 is 0.174 bits per heavy atom. The first-order valence-electron chi connectivity index (χ1n) is 31.7. The van der Waals surface area contributed by atoms with Gasteiger partial charge >= 0.3 is 0 Å². The fraction of sp³-hybridized carbons (Fsp3) is 0. The van der Waals surface area contributed by atoms with Gasteiger partial charge in [-0.1, -0.05) is 279 Å². The molecule has 0 N–H and O–H groups in total. The first kappa shape index (κ1) is 52.3. The minimum absolute atomic E-state index is 0.911. The number of benzene rings is 17. The molecule has 19 rings (SSSR count). The van der Waals surface area contributed by atoms with Gasteiger partial charge in [0.05, 0.1) is 0 Å². The number of thiophene rings is 1. The summed E-state index contributed by atoms with van der Waals surface area (Å²) < 4.78 is 8.81. The summed E-state index contributed by atoms with van der Waals surface area (Å²) in [7, 11) is 0. The molecule has 0 unspecified atom stereocenters. The first-order chi connectivity index (χ1) is 45.6. The van der Waals surface area contributed by atoms with Gasteiger partial charge < -0.3 is 4.42 Å². The van der Waals surface area contributed by atoms with Crippen molar-refractivity contribution in [3.63, 3.8) is 0 Å². The van der Waals surface area contributed by atoms with Crippen molar-refractivity contribution in [3.05, 3.63) is 328 Å². The van der Waals surface area contributed by atoms with Crippen LogP contribution in [0, 0.1) is 0 Å². The number of hydrogen-bond donors (Lipinski definition) is 0. The lowest BCUT2D eigenvalue weighted by molar-refractivity contribution is 0.669. The predicted octanol–water partition coefficient (Wildman–Crippen LogP) is 26.2. The predicted molar refractivity (Wildman–Crippen MR) is 395 cm³/mol. The van der Waals surface area contributed by atoms with Crippen molar-refractivity contribution in [2.45, 2.75) is 0 Å².